The van der Waals surface area contributed by atoms with E-state index in [-0.39, 0.29) is 5.88 Å². The van der Waals surface area contributed by atoms with Crippen molar-refractivity contribution in [3.05, 3.63) is 12.3 Å². The van der Waals surface area contributed by atoms with E-state index in [0.717, 1.165) is 0 Å². The third kappa shape index (κ3) is 1.45. The van der Waals surface area contributed by atoms with Crippen LogP contribution >= 0.6 is 0 Å². The van der Waals surface area contributed by atoms with E-state index >= 15 is 0 Å². The molecule has 0 aromatic carbocycles. The molecular weight excluding hydrogens is 126 g/mol. The molecule has 0 radical (unpaired) electrons. The van der Waals surface area contributed by atoms with E-state index in [1.54, 1.807) is 0 Å². The summed E-state index contributed by atoms with van der Waals surface area (Å²) in [5, 5.41) is 11.2. The van der Waals surface area contributed by atoms with Gasteiger partial charge in [0.1, 0.15) is 6.26 Å². The van der Waals surface area contributed by atoms with E-state index in [1.165, 1.54) is 12.3 Å². The Bertz CT molecular complexity index is 192. The summed E-state index contributed by atoms with van der Waals surface area (Å²) in [4.78, 5) is 9.76. The number of rotatable bonds is 1. The van der Waals surface area contributed by atoms with Crippen molar-refractivity contribution in [3.63, 3.8) is 0 Å². The average Bonchev–Trinajstić information content (AvgIpc) is 2.15. The van der Waals surface area contributed by atoms with Crippen LogP contribution in [0.2, 0.25) is 0 Å². The third-order valence-corrected chi connectivity index (χ3v) is 0.606. The van der Waals surface area contributed by atoms with Crippen molar-refractivity contribution in [2.75, 3.05) is 0 Å². The van der Waals surface area contributed by atoms with Crippen molar-refractivity contribution in [2.24, 2.45) is 0 Å². The minimum Gasteiger partial charge on any atom is -0.449 e. The quantitative estimate of drug-likeness (QED) is 0.566. The zero-order valence-electron chi connectivity index (χ0n) is 4.27. The number of nitrogens with zero attached hydrogens (tertiary/aromatic N) is 1. The molecule has 48 valence electrons. The predicted octanol–water partition coefficient (Wildman–Crippen LogP) is 0.731. The van der Waals surface area contributed by atoms with E-state index in [4.69, 9.17) is 5.11 Å². The van der Waals surface area contributed by atoms with Gasteiger partial charge in [-0.1, -0.05) is 0 Å². The number of aromatic nitrogens is 1. The van der Waals surface area contributed by atoms with Crippen LogP contribution in [0.1, 0.15) is 0 Å². The van der Waals surface area contributed by atoms with Gasteiger partial charge >= 0.3 is 6.16 Å². The first-order chi connectivity index (χ1) is 4.29. The first-order valence-corrected chi connectivity index (χ1v) is 2.10. The number of hydrogen-bond donors (Lipinski definition) is 1. The zero-order valence-corrected chi connectivity index (χ0v) is 4.27. The lowest BCUT2D eigenvalue weighted by atomic mass is 10.7. The monoisotopic (exact) mass is 129 g/mol. The molecular formula is C4H3NO4. The molecule has 0 unspecified atom stereocenters. The molecule has 0 aliphatic heterocycles. The number of carbonyl (C=O) groups is 1. The topological polar surface area (TPSA) is 72.6 Å². The van der Waals surface area contributed by atoms with Crippen LogP contribution in [0, 0.1) is 0 Å². The summed E-state index contributed by atoms with van der Waals surface area (Å²) < 4.78 is 8.34. The Morgan fingerprint density at radius 1 is 1.89 bits per heavy atom. The van der Waals surface area contributed by atoms with Crippen LogP contribution in [-0.2, 0) is 0 Å². The van der Waals surface area contributed by atoms with Gasteiger partial charge < -0.3 is 14.4 Å². The molecule has 0 fully saturated rings. The van der Waals surface area contributed by atoms with Crippen molar-refractivity contribution in [3.8, 4) is 5.88 Å². The predicted molar refractivity (Wildman–Crippen MR) is 25.2 cm³/mol. The van der Waals surface area contributed by atoms with Gasteiger partial charge in [0.25, 0.3) is 5.88 Å². The molecule has 1 heterocycles. The standard InChI is InChI=1S/C4H3NO4/c6-4(7)9-3-1-2-8-5-3/h1-2H,(H,6,7). The van der Waals surface area contributed by atoms with Gasteiger partial charge in [-0.2, -0.15) is 0 Å². The lowest BCUT2D eigenvalue weighted by Gasteiger charge is -1.87. The molecule has 0 aliphatic rings. The fourth-order valence-corrected chi connectivity index (χ4v) is 0.344. The zero-order chi connectivity index (χ0) is 6.69. The van der Waals surface area contributed by atoms with Gasteiger partial charge in [-0.25, -0.2) is 4.79 Å². The Kier molecular flexibility index (Phi) is 1.35. The molecule has 0 bridgehead atoms. The molecule has 1 aromatic rings. The summed E-state index contributed by atoms with van der Waals surface area (Å²) >= 11 is 0. The lowest BCUT2D eigenvalue weighted by Crippen LogP contribution is -2.02. The van der Waals surface area contributed by atoms with Gasteiger partial charge in [-0.3, -0.25) is 0 Å². The van der Waals surface area contributed by atoms with Crippen LogP contribution in [0.4, 0.5) is 4.79 Å². The summed E-state index contributed by atoms with van der Waals surface area (Å²) in [7, 11) is 0. The highest BCUT2D eigenvalue weighted by molar-refractivity contribution is 5.59. The second-order valence-electron chi connectivity index (χ2n) is 1.21. The third-order valence-electron chi connectivity index (χ3n) is 0.606. The Balaban J connectivity index is 2.58. The Labute approximate surface area is 49.8 Å². The molecule has 0 saturated carbocycles. The van der Waals surface area contributed by atoms with Crippen molar-refractivity contribution < 1.29 is 19.2 Å². The van der Waals surface area contributed by atoms with E-state index in [1.807, 2.05) is 0 Å². The molecule has 0 amide bonds. The summed E-state index contributed by atoms with van der Waals surface area (Å²) in [6.07, 6.45) is -0.179. The molecule has 0 saturated heterocycles. The lowest BCUT2D eigenvalue weighted by molar-refractivity contribution is 0.140. The van der Waals surface area contributed by atoms with E-state index in [0.29, 0.717) is 0 Å². The molecule has 5 heteroatoms. The Hall–Kier alpha value is -1.52. The van der Waals surface area contributed by atoms with Gasteiger partial charge in [0.05, 0.1) is 0 Å². The van der Waals surface area contributed by atoms with Crippen LogP contribution in [0.3, 0.4) is 0 Å². The highest BCUT2D eigenvalue weighted by Crippen LogP contribution is 2.03. The Morgan fingerprint density at radius 3 is 3.11 bits per heavy atom. The highest BCUT2D eigenvalue weighted by atomic mass is 16.7. The van der Waals surface area contributed by atoms with Gasteiger partial charge in [0.2, 0.25) is 0 Å². The minimum absolute atomic E-state index is 0.0532. The average molecular weight is 129 g/mol. The smallest absolute Gasteiger partial charge is 0.449 e. The van der Waals surface area contributed by atoms with Gasteiger partial charge in [0.15, 0.2) is 0 Å². The van der Waals surface area contributed by atoms with Gasteiger partial charge in [-0.15, -0.1) is 0 Å². The van der Waals surface area contributed by atoms with Crippen LogP contribution < -0.4 is 4.74 Å². The van der Waals surface area contributed by atoms with Crippen LogP contribution in [0.5, 0.6) is 5.88 Å². The molecule has 0 spiro atoms. The fraction of sp³-hybridized carbons (Fsp3) is 0. The van der Waals surface area contributed by atoms with Gasteiger partial charge in [0, 0.05) is 6.07 Å². The van der Waals surface area contributed by atoms with E-state index < -0.39 is 6.16 Å². The van der Waals surface area contributed by atoms with Gasteiger partial charge in [-0.05, 0) is 5.16 Å². The SMILES string of the molecule is O=C(O)Oc1ccon1. The second-order valence-corrected chi connectivity index (χ2v) is 1.21. The maximum absolute atomic E-state index is 9.76. The minimum atomic E-state index is -1.40. The molecule has 0 aliphatic carbocycles. The molecule has 1 aromatic heterocycles. The Morgan fingerprint density at radius 2 is 2.67 bits per heavy atom. The van der Waals surface area contributed by atoms with Crippen LogP contribution in [-0.4, -0.2) is 16.4 Å². The number of hydrogen-bond acceptors (Lipinski definition) is 4. The van der Waals surface area contributed by atoms with E-state index in [2.05, 4.69) is 14.4 Å². The van der Waals surface area contributed by atoms with Crippen molar-refractivity contribution in [1.82, 2.24) is 5.16 Å². The molecule has 5 nitrogen and oxygen atoms in total. The second kappa shape index (κ2) is 2.17. The van der Waals surface area contributed by atoms with E-state index in [9.17, 15) is 4.79 Å². The molecule has 1 N–H and O–H groups in total. The van der Waals surface area contributed by atoms with Crippen molar-refractivity contribution in [1.29, 1.82) is 0 Å². The summed E-state index contributed by atoms with van der Waals surface area (Å²) in [5.74, 6) is -0.0532. The number of carboxylic acid groups (broad SMARTS) is 1. The summed E-state index contributed by atoms with van der Waals surface area (Å²) in [6.45, 7) is 0. The largest absolute Gasteiger partial charge is 0.512 e. The molecule has 0 atom stereocenters. The van der Waals surface area contributed by atoms with Crippen LogP contribution in [0.25, 0.3) is 0 Å². The van der Waals surface area contributed by atoms with Crippen LogP contribution in [0.15, 0.2) is 16.9 Å². The number of ether oxygens (including phenoxy) is 1. The molecule has 9 heavy (non-hydrogen) atoms. The molecule has 1 rings (SSSR count). The highest BCUT2D eigenvalue weighted by Gasteiger charge is 2.01. The van der Waals surface area contributed by atoms with Crippen molar-refractivity contribution >= 4 is 6.16 Å². The first-order valence-electron chi connectivity index (χ1n) is 2.10. The summed E-state index contributed by atoms with van der Waals surface area (Å²) in [5.41, 5.74) is 0. The van der Waals surface area contributed by atoms with Crippen molar-refractivity contribution in [2.45, 2.75) is 0 Å². The fourth-order valence-electron chi connectivity index (χ4n) is 0.344. The first kappa shape index (κ1) is 5.61. The maximum Gasteiger partial charge on any atom is 0.512 e. The maximum atomic E-state index is 9.76. The normalized spacial score (nSPS) is 8.89. The summed E-state index contributed by atoms with van der Waals surface area (Å²) in [6, 6.07) is 1.30.